The van der Waals surface area contributed by atoms with Crippen LogP contribution in [0.2, 0.25) is 5.02 Å². The SMILES string of the molecule is CC(=O)Nc1ccc(Cl)c(C(=O)N(C)CC2CCCCN2C)c1. The van der Waals surface area contributed by atoms with Crippen molar-refractivity contribution in [3.8, 4) is 0 Å². The number of benzene rings is 1. The number of carbonyl (C=O) groups is 2. The highest BCUT2D eigenvalue weighted by atomic mass is 35.5. The molecule has 1 unspecified atom stereocenters. The van der Waals surface area contributed by atoms with Crippen LogP contribution in [-0.4, -0.2) is 54.8 Å². The minimum Gasteiger partial charge on any atom is -0.340 e. The maximum atomic E-state index is 12.7. The molecule has 0 aliphatic carbocycles. The van der Waals surface area contributed by atoms with Gasteiger partial charge in [-0.3, -0.25) is 9.59 Å². The van der Waals surface area contributed by atoms with Gasteiger partial charge in [0.05, 0.1) is 10.6 Å². The first-order chi connectivity index (χ1) is 10.9. The van der Waals surface area contributed by atoms with Crippen molar-refractivity contribution in [2.24, 2.45) is 0 Å². The number of anilines is 1. The Hall–Kier alpha value is -1.59. The Morgan fingerprint density at radius 2 is 2.13 bits per heavy atom. The zero-order valence-electron chi connectivity index (χ0n) is 13.9. The van der Waals surface area contributed by atoms with E-state index in [4.69, 9.17) is 11.6 Å². The molecular weight excluding hydrogens is 314 g/mol. The summed E-state index contributed by atoms with van der Waals surface area (Å²) in [7, 11) is 3.90. The number of nitrogens with zero attached hydrogens (tertiary/aromatic N) is 2. The third-order valence-corrected chi connectivity index (χ3v) is 4.60. The van der Waals surface area contributed by atoms with Crippen molar-refractivity contribution < 1.29 is 9.59 Å². The second kappa shape index (κ2) is 7.79. The number of hydrogen-bond acceptors (Lipinski definition) is 3. The van der Waals surface area contributed by atoms with Crippen LogP contribution in [0.25, 0.3) is 0 Å². The lowest BCUT2D eigenvalue weighted by Crippen LogP contribution is -2.45. The van der Waals surface area contributed by atoms with Gasteiger partial charge in [-0.1, -0.05) is 18.0 Å². The van der Waals surface area contributed by atoms with Crippen LogP contribution in [0, 0.1) is 0 Å². The first-order valence-electron chi connectivity index (χ1n) is 7.91. The monoisotopic (exact) mass is 337 g/mol. The molecule has 1 fully saturated rings. The largest absolute Gasteiger partial charge is 0.340 e. The van der Waals surface area contributed by atoms with E-state index in [-0.39, 0.29) is 11.8 Å². The summed E-state index contributed by atoms with van der Waals surface area (Å²) in [5, 5.41) is 3.07. The summed E-state index contributed by atoms with van der Waals surface area (Å²) in [5.74, 6) is -0.302. The van der Waals surface area contributed by atoms with Crippen LogP contribution in [-0.2, 0) is 4.79 Å². The maximum Gasteiger partial charge on any atom is 0.255 e. The molecule has 6 heteroatoms. The number of piperidine rings is 1. The molecule has 0 saturated carbocycles. The van der Waals surface area contributed by atoms with Crippen molar-refractivity contribution in [2.75, 3.05) is 32.5 Å². The molecular formula is C17H24ClN3O2. The summed E-state index contributed by atoms with van der Waals surface area (Å²) >= 11 is 6.17. The van der Waals surface area contributed by atoms with Crippen LogP contribution in [0.1, 0.15) is 36.5 Å². The molecule has 126 valence electrons. The number of carbonyl (C=O) groups excluding carboxylic acids is 2. The average Bonchev–Trinajstić information content (AvgIpc) is 2.50. The Labute approximate surface area is 142 Å². The first kappa shape index (κ1) is 17.8. The van der Waals surface area contributed by atoms with Crippen molar-refractivity contribution in [3.05, 3.63) is 28.8 Å². The van der Waals surface area contributed by atoms with Crippen LogP contribution in [0.5, 0.6) is 0 Å². The van der Waals surface area contributed by atoms with Crippen molar-refractivity contribution in [1.29, 1.82) is 0 Å². The van der Waals surface area contributed by atoms with E-state index in [1.54, 1.807) is 30.1 Å². The predicted molar refractivity (Wildman–Crippen MR) is 93.0 cm³/mol. The van der Waals surface area contributed by atoms with Gasteiger partial charge in [0.25, 0.3) is 5.91 Å². The second-order valence-corrected chi connectivity index (χ2v) is 6.60. The molecule has 1 saturated heterocycles. The highest BCUT2D eigenvalue weighted by molar-refractivity contribution is 6.34. The second-order valence-electron chi connectivity index (χ2n) is 6.19. The summed E-state index contributed by atoms with van der Waals surface area (Å²) < 4.78 is 0. The minimum absolute atomic E-state index is 0.124. The number of amides is 2. The Morgan fingerprint density at radius 1 is 1.39 bits per heavy atom. The molecule has 0 bridgehead atoms. The standard InChI is InChI=1S/C17H24ClN3O2/c1-12(22)19-13-7-8-16(18)15(10-13)17(23)21(3)11-14-6-4-5-9-20(14)2/h7-8,10,14H,4-6,9,11H2,1-3H3,(H,19,22). The Morgan fingerprint density at radius 3 is 2.78 bits per heavy atom. The fourth-order valence-corrected chi connectivity index (χ4v) is 3.15. The molecule has 1 heterocycles. The Kier molecular flexibility index (Phi) is 6.02. The zero-order chi connectivity index (χ0) is 17.0. The average molecular weight is 338 g/mol. The molecule has 0 aromatic heterocycles. The van der Waals surface area contributed by atoms with Crippen LogP contribution < -0.4 is 5.32 Å². The summed E-state index contributed by atoms with van der Waals surface area (Å²) in [6, 6.07) is 5.35. The molecule has 1 atom stereocenters. The van der Waals surface area contributed by atoms with Crippen molar-refractivity contribution in [1.82, 2.24) is 9.80 Å². The van der Waals surface area contributed by atoms with E-state index in [2.05, 4.69) is 17.3 Å². The van der Waals surface area contributed by atoms with E-state index in [0.29, 0.717) is 28.9 Å². The predicted octanol–water partition coefficient (Wildman–Crippen LogP) is 2.85. The normalized spacial score (nSPS) is 18.5. The molecule has 23 heavy (non-hydrogen) atoms. The third-order valence-electron chi connectivity index (χ3n) is 4.27. The molecule has 1 aromatic rings. The van der Waals surface area contributed by atoms with E-state index >= 15 is 0 Å². The van der Waals surface area contributed by atoms with Gasteiger partial charge in [-0.2, -0.15) is 0 Å². The van der Waals surface area contributed by atoms with Gasteiger partial charge >= 0.3 is 0 Å². The zero-order valence-corrected chi connectivity index (χ0v) is 14.7. The molecule has 0 spiro atoms. The smallest absolute Gasteiger partial charge is 0.255 e. The van der Waals surface area contributed by atoms with Gasteiger partial charge in [-0.05, 0) is 44.6 Å². The molecule has 1 N–H and O–H groups in total. The van der Waals surface area contributed by atoms with E-state index in [0.717, 1.165) is 13.0 Å². The fraction of sp³-hybridized carbons (Fsp3) is 0.529. The lowest BCUT2D eigenvalue weighted by atomic mass is 10.0. The van der Waals surface area contributed by atoms with Gasteiger partial charge in [0.1, 0.15) is 0 Å². The number of halogens is 1. The number of nitrogens with one attached hydrogen (secondary N) is 1. The van der Waals surface area contributed by atoms with Crippen LogP contribution in [0.4, 0.5) is 5.69 Å². The lowest BCUT2D eigenvalue weighted by Gasteiger charge is -2.35. The van der Waals surface area contributed by atoms with Crippen LogP contribution in [0.15, 0.2) is 18.2 Å². The maximum absolute atomic E-state index is 12.7. The lowest BCUT2D eigenvalue weighted by molar-refractivity contribution is -0.114. The van der Waals surface area contributed by atoms with Gasteiger partial charge < -0.3 is 15.1 Å². The van der Waals surface area contributed by atoms with Gasteiger partial charge in [-0.25, -0.2) is 0 Å². The van der Waals surface area contributed by atoms with E-state index in [1.807, 2.05) is 0 Å². The number of likely N-dealkylation sites (N-methyl/N-ethyl adjacent to an activating group) is 2. The molecule has 2 rings (SSSR count). The first-order valence-corrected chi connectivity index (χ1v) is 8.29. The summed E-state index contributed by atoms with van der Waals surface area (Å²) in [6.45, 7) is 3.18. The molecule has 2 amide bonds. The molecule has 0 radical (unpaired) electrons. The summed E-state index contributed by atoms with van der Waals surface area (Å²) in [4.78, 5) is 27.9. The van der Waals surface area contributed by atoms with Crippen LogP contribution in [0.3, 0.4) is 0 Å². The van der Waals surface area contributed by atoms with Crippen molar-refractivity contribution in [3.63, 3.8) is 0 Å². The van der Waals surface area contributed by atoms with Crippen LogP contribution >= 0.6 is 11.6 Å². The molecule has 5 nitrogen and oxygen atoms in total. The Balaban J connectivity index is 2.10. The van der Waals surface area contributed by atoms with Crippen molar-refractivity contribution >= 4 is 29.1 Å². The molecule has 1 aliphatic heterocycles. The van der Waals surface area contributed by atoms with E-state index < -0.39 is 0 Å². The Bertz CT molecular complexity index is 591. The summed E-state index contributed by atoms with van der Waals surface area (Å²) in [5.41, 5.74) is 0.993. The number of likely N-dealkylation sites (tertiary alicyclic amines) is 1. The topological polar surface area (TPSA) is 52.7 Å². The van der Waals surface area contributed by atoms with Gasteiger partial charge in [-0.15, -0.1) is 0 Å². The highest BCUT2D eigenvalue weighted by Crippen LogP contribution is 2.23. The van der Waals surface area contributed by atoms with E-state index in [9.17, 15) is 9.59 Å². The summed E-state index contributed by atoms with van der Waals surface area (Å²) in [6.07, 6.45) is 3.53. The van der Waals surface area contributed by atoms with Gasteiger partial charge in [0.2, 0.25) is 5.91 Å². The minimum atomic E-state index is -0.178. The van der Waals surface area contributed by atoms with Gasteiger partial charge in [0, 0.05) is 32.2 Å². The third kappa shape index (κ3) is 4.69. The van der Waals surface area contributed by atoms with Crippen molar-refractivity contribution in [2.45, 2.75) is 32.2 Å². The van der Waals surface area contributed by atoms with Gasteiger partial charge in [0.15, 0.2) is 0 Å². The quantitative estimate of drug-likeness (QED) is 0.919. The molecule has 1 aliphatic rings. The van der Waals surface area contributed by atoms with E-state index in [1.165, 1.54) is 19.8 Å². The molecule has 1 aromatic carbocycles. The highest BCUT2D eigenvalue weighted by Gasteiger charge is 2.24. The number of hydrogen-bond donors (Lipinski definition) is 1. The fourth-order valence-electron chi connectivity index (χ4n) is 2.95. The number of rotatable bonds is 4.